The molecule has 0 aliphatic carbocycles. The highest BCUT2D eigenvalue weighted by Crippen LogP contribution is 2.27. The van der Waals surface area contributed by atoms with Crippen molar-refractivity contribution < 1.29 is 24.4 Å². The zero-order chi connectivity index (χ0) is 19.1. The summed E-state index contributed by atoms with van der Waals surface area (Å²) in [5, 5.41) is 23.1. The number of carbonyl (C=O) groups excluding carboxylic acids is 1. The fourth-order valence-corrected chi connectivity index (χ4v) is 3.74. The molecule has 0 radical (unpaired) electrons. The van der Waals surface area contributed by atoms with Crippen LogP contribution in [0.25, 0.3) is 0 Å². The van der Waals surface area contributed by atoms with E-state index in [9.17, 15) is 24.8 Å². The first kappa shape index (κ1) is 20.2. The summed E-state index contributed by atoms with van der Waals surface area (Å²) in [6, 6.07) is 4.14. The van der Waals surface area contributed by atoms with E-state index in [0.29, 0.717) is 36.7 Å². The number of ether oxygens (including phenoxy) is 1. The van der Waals surface area contributed by atoms with Crippen molar-refractivity contribution in [1.82, 2.24) is 5.32 Å². The number of nitro benzene ring substituents is 1. The Morgan fingerprint density at radius 2 is 2.12 bits per heavy atom. The molecule has 2 N–H and O–H groups in total. The van der Waals surface area contributed by atoms with Gasteiger partial charge in [0.2, 0.25) is 0 Å². The van der Waals surface area contributed by atoms with Crippen LogP contribution >= 0.6 is 11.8 Å². The zero-order valence-electron chi connectivity index (χ0n) is 14.5. The fourth-order valence-electron chi connectivity index (χ4n) is 2.96. The summed E-state index contributed by atoms with van der Waals surface area (Å²) in [6.07, 6.45) is 1.28. The van der Waals surface area contributed by atoms with Gasteiger partial charge in [0, 0.05) is 36.8 Å². The highest BCUT2D eigenvalue weighted by Gasteiger charge is 2.30. The van der Waals surface area contributed by atoms with Crippen molar-refractivity contribution in [2.24, 2.45) is 11.8 Å². The molecule has 1 fully saturated rings. The Morgan fingerprint density at radius 1 is 1.42 bits per heavy atom. The van der Waals surface area contributed by atoms with Crippen LogP contribution in [0.1, 0.15) is 30.1 Å². The number of rotatable bonds is 8. The van der Waals surface area contributed by atoms with Crippen LogP contribution in [0.2, 0.25) is 0 Å². The molecular formula is C17H22N2O6S. The van der Waals surface area contributed by atoms with E-state index in [4.69, 9.17) is 4.74 Å². The van der Waals surface area contributed by atoms with Crippen molar-refractivity contribution >= 4 is 29.3 Å². The molecule has 142 valence electrons. The highest BCUT2D eigenvalue weighted by molar-refractivity contribution is 7.99. The van der Waals surface area contributed by atoms with Crippen molar-refractivity contribution in [2.45, 2.75) is 24.7 Å². The molecule has 0 aromatic heterocycles. The second-order valence-corrected chi connectivity index (χ2v) is 7.28. The van der Waals surface area contributed by atoms with Crippen LogP contribution < -0.4 is 5.32 Å². The third-order valence-electron chi connectivity index (χ3n) is 4.35. The van der Waals surface area contributed by atoms with E-state index in [1.807, 2.05) is 6.92 Å². The minimum absolute atomic E-state index is 0.0161. The van der Waals surface area contributed by atoms with E-state index in [1.54, 1.807) is 6.07 Å². The lowest BCUT2D eigenvalue weighted by atomic mass is 9.86. The number of nitrogens with one attached hydrogen (secondary N) is 1. The van der Waals surface area contributed by atoms with Gasteiger partial charge in [-0.15, -0.1) is 11.8 Å². The Balaban J connectivity index is 2.13. The zero-order valence-corrected chi connectivity index (χ0v) is 15.3. The maximum atomic E-state index is 12.6. The van der Waals surface area contributed by atoms with Gasteiger partial charge in [-0.25, -0.2) is 0 Å². The van der Waals surface area contributed by atoms with Crippen LogP contribution in [-0.2, 0) is 9.53 Å². The molecule has 26 heavy (non-hydrogen) atoms. The lowest BCUT2D eigenvalue weighted by Crippen LogP contribution is -2.39. The molecule has 9 heteroatoms. The van der Waals surface area contributed by atoms with Crippen molar-refractivity contribution in [2.75, 3.05) is 25.5 Å². The lowest BCUT2D eigenvalue weighted by molar-refractivity contribution is -0.384. The number of hydrogen-bond acceptors (Lipinski definition) is 6. The Labute approximate surface area is 155 Å². The third-order valence-corrected chi connectivity index (χ3v) is 5.31. The van der Waals surface area contributed by atoms with Gasteiger partial charge in [0.15, 0.2) is 0 Å². The number of carboxylic acid groups (broad SMARTS) is 1. The molecule has 1 aromatic carbocycles. The Kier molecular flexibility index (Phi) is 7.40. The molecule has 8 nitrogen and oxygen atoms in total. The molecule has 1 heterocycles. The predicted molar refractivity (Wildman–Crippen MR) is 96.5 cm³/mol. The summed E-state index contributed by atoms with van der Waals surface area (Å²) in [4.78, 5) is 35.2. The van der Waals surface area contributed by atoms with Crippen LogP contribution in [0.5, 0.6) is 0 Å². The first-order valence-electron chi connectivity index (χ1n) is 8.44. The van der Waals surface area contributed by atoms with Gasteiger partial charge in [0.05, 0.1) is 16.4 Å². The number of amides is 1. The summed E-state index contributed by atoms with van der Waals surface area (Å²) < 4.78 is 5.26. The summed E-state index contributed by atoms with van der Waals surface area (Å²) in [7, 11) is 0. The minimum atomic E-state index is -0.959. The molecule has 0 spiro atoms. The van der Waals surface area contributed by atoms with Crippen LogP contribution in [0.15, 0.2) is 23.1 Å². The molecule has 1 aromatic rings. The summed E-state index contributed by atoms with van der Waals surface area (Å²) >= 11 is 1.40. The number of benzene rings is 1. The number of nitrogens with zero attached hydrogens (tertiary/aromatic N) is 1. The van der Waals surface area contributed by atoms with E-state index in [2.05, 4.69) is 5.32 Å². The van der Waals surface area contributed by atoms with Gasteiger partial charge < -0.3 is 15.2 Å². The SMILES string of the molecule is CCSc1ccc([N+](=O)[O-])cc1C(=O)NCC(C(=O)O)C1CCOCC1. The van der Waals surface area contributed by atoms with Crippen LogP contribution in [0.3, 0.4) is 0 Å². The topological polar surface area (TPSA) is 119 Å². The molecule has 2 rings (SSSR count). The smallest absolute Gasteiger partial charge is 0.308 e. The molecule has 1 saturated heterocycles. The first-order valence-corrected chi connectivity index (χ1v) is 9.42. The fraction of sp³-hybridized carbons (Fsp3) is 0.529. The average molecular weight is 382 g/mol. The molecule has 1 aliphatic heterocycles. The number of aliphatic carboxylic acids is 1. The molecular weight excluding hydrogens is 360 g/mol. The van der Waals surface area contributed by atoms with Gasteiger partial charge in [0.1, 0.15) is 0 Å². The summed E-state index contributed by atoms with van der Waals surface area (Å²) in [6.45, 7) is 2.94. The Morgan fingerprint density at radius 3 is 2.69 bits per heavy atom. The molecule has 1 unspecified atom stereocenters. The largest absolute Gasteiger partial charge is 0.481 e. The van der Waals surface area contributed by atoms with Crippen molar-refractivity contribution in [1.29, 1.82) is 0 Å². The van der Waals surface area contributed by atoms with E-state index < -0.39 is 22.7 Å². The number of hydrogen-bond donors (Lipinski definition) is 2. The molecule has 1 aliphatic rings. The quantitative estimate of drug-likeness (QED) is 0.403. The lowest BCUT2D eigenvalue weighted by Gasteiger charge is -2.27. The minimum Gasteiger partial charge on any atom is -0.481 e. The van der Waals surface area contributed by atoms with E-state index in [-0.39, 0.29) is 23.7 Å². The molecule has 0 bridgehead atoms. The monoisotopic (exact) mass is 382 g/mol. The van der Waals surface area contributed by atoms with Gasteiger partial charge in [-0.05, 0) is 30.6 Å². The van der Waals surface area contributed by atoms with Crippen molar-refractivity contribution in [3.8, 4) is 0 Å². The van der Waals surface area contributed by atoms with Gasteiger partial charge in [-0.3, -0.25) is 19.7 Å². The van der Waals surface area contributed by atoms with Crippen molar-refractivity contribution in [3.63, 3.8) is 0 Å². The Hall–Kier alpha value is -2.13. The van der Waals surface area contributed by atoms with Gasteiger partial charge in [-0.2, -0.15) is 0 Å². The second kappa shape index (κ2) is 9.54. The Bertz CT molecular complexity index is 675. The highest BCUT2D eigenvalue weighted by atomic mass is 32.2. The van der Waals surface area contributed by atoms with Gasteiger partial charge in [0.25, 0.3) is 11.6 Å². The maximum absolute atomic E-state index is 12.6. The number of carboxylic acids is 1. The predicted octanol–water partition coefficient (Wildman–Crippen LogP) is 2.56. The van der Waals surface area contributed by atoms with E-state index in [1.165, 1.54) is 23.9 Å². The third kappa shape index (κ3) is 5.18. The van der Waals surface area contributed by atoms with E-state index >= 15 is 0 Å². The number of thioether (sulfide) groups is 1. The number of carbonyl (C=O) groups is 2. The number of non-ortho nitro benzene ring substituents is 1. The average Bonchev–Trinajstić information content (AvgIpc) is 2.62. The molecule has 1 amide bonds. The normalized spacial score (nSPS) is 16.0. The van der Waals surface area contributed by atoms with Crippen LogP contribution in [-0.4, -0.2) is 47.4 Å². The molecule has 1 atom stereocenters. The van der Waals surface area contributed by atoms with E-state index in [0.717, 1.165) is 0 Å². The van der Waals surface area contributed by atoms with Crippen molar-refractivity contribution in [3.05, 3.63) is 33.9 Å². The van der Waals surface area contributed by atoms with Crippen LogP contribution in [0.4, 0.5) is 5.69 Å². The van der Waals surface area contributed by atoms with Gasteiger partial charge in [-0.1, -0.05) is 6.92 Å². The van der Waals surface area contributed by atoms with Crippen LogP contribution in [0, 0.1) is 22.0 Å². The van der Waals surface area contributed by atoms with Gasteiger partial charge >= 0.3 is 5.97 Å². The second-order valence-electron chi connectivity index (χ2n) is 5.98. The summed E-state index contributed by atoms with van der Waals surface area (Å²) in [5.74, 6) is -1.51. The summed E-state index contributed by atoms with van der Waals surface area (Å²) in [5.41, 5.74) is 0.0250. The molecule has 0 saturated carbocycles. The standard InChI is InChI=1S/C17H22N2O6S/c1-2-26-15-4-3-12(19(23)24)9-13(15)16(20)18-10-14(17(21)22)11-5-7-25-8-6-11/h3-4,9,11,14H,2,5-8,10H2,1H3,(H,18,20)(H,21,22). The maximum Gasteiger partial charge on any atom is 0.308 e. The first-order chi connectivity index (χ1) is 12.4. The number of nitro groups is 1.